The van der Waals surface area contributed by atoms with Gasteiger partial charge < -0.3 is 15.1 Å². The number of carbonyl (C=O) groups excluding carboxylic acids is 1. The zero-order valence-corrected chi connectivity index (χ0v) is 10.4. The summed E-state index contributed by atoms with van der Waals surface area (Å²) in [5.41, 5.74) is 0. The second-order valence-corrected chi connectivity index (χ2v) is 4.99. The zero-order chi connectivity index (χ0) is 11.5. The average molecular weight is 225 g/mol. The molecule has 1 N–H and O–H groups in total. The number of likely N-dealkylation sites (tertiary alicyclic amines) is 2. The summed E-state index contributed by atoms with van der Waals surface area (Å²) in [6, 6.07) is 0.534. The minimum atomic E-state index is 0.0808. The Morgan fingerprint density at radius 1 is 1.38 bits per heavy atom. The SMILES string of the molecule is CCNC1CCN(C2CCCN(C)C2)C1=O. The highest BCUT2D eigenvalue weighted by Crippen LogP contribution is 2.21. The van der Waals surface area contributed by atoms with E-state index < -0.39 is 0 Å². The largest absolute Gasteiger partial charge is 0.337 e. The van der Waals surface area contributed by atoms with Crippen molar-refractivity contribution in [3.8, 4) is 0 Å². The molecule has 0 saturated carbocycles. The van der Waals surface area contributed by atoms with Gasteiger partial charge in [0.15, 0.2) is 0 Å². The lowest BCUT2D eigenvalue weighted by Gasteiger charge is -2.35. The Labute approximate surface area is 98.0 Å². The first-order valence-electron chi connectivity index (χ1n) is 6.44. The van der Waals surface area contributed by atoms with Crippen LogP contribution in [0.3, 0.4) is 0 Å². The summed E-state index contributed by atoms with van der Waals surface area (Å²) in [5, 5.41) is 3.27. The third-order valence-electron chi connectivity index (χ3n) is 3.73. The van der Waals surface area contributed by atoms with Crippen LogP contribution in [0.2, 0.25) is 0 Å². The molecule has 0 radical (unpaired) electrons. The Hall–Kier alpha value is -0.610. The topological polar surface area (TPSA) is 35.6 Å². The standard InChI is InChI=1S/C12H23N3O/c1-3-13-11-6-8-15(12(11)16)10-5-4-7-14(2)9-10/h10-11,13H,3-9H2,1-2H3. The number of piperidine rings is 1. The summed E-state index contributed by atoms with van der Waals surface area (Å²) in [7, 11) is 2.15. The van der Waals surface area contributed by atoms with Gasteiger partial charge >= 0.3 is 0 Å². The Balaban J connectivity index is 1.92. The van der Waals surface area contributed by atoms with Gasteiger partial charge in [-0.25, -0.2) is 0 Å². The van der Waals surface area contributed by atoms with E-state index in [4.69, 9.17) is 0 Å². The molecule has 0 aromatic carbocycles. The zero-order valence-electron chi connectivity index (χ0n) is 10.4. The van der Waals surface area contributed by atoms with Gasteiger partial charge in [-0.15, -0.1) is 0 Å². The minimum absolute atomic E-state index is 0.0808. The summed E-state index contributed by atoms with van der Waals surface area (Å²) in [5.74, 6) is 0.321. The fourth-order valence-corrected chi connectivity index (χ4v) is 2.89. The van der Waals surface area contributed by atoms with E-state index >= 15 is 0 Å². The van der Waals surface area contributed by atoms with E-state index in [9.17, 15) is 4.79 Å². The summed E-state index contributed by atoms with van der Waals surface area (Å²) >= 11 is 0. The molecule has 0 spiro atoms. The van der Waals surface area contributed by atoms with Gasteiger partial charge in [-0.05, 0) is 39.4 Å². The highest BCUT2D eigenvalue weighted by molar-refractivity contribution is 5.84. The van der Waals surface area contributed by atoms with Crippen LogP contribution in [0.4, 0.5) is 0 Å². The predicted molar refractivity (Wildman–Crippen MR) is 64.3 cm³/mol. The Morgan fingerprint density at radius 3 is 2.88 bits per heavy atom. The molecule has 2 heterocycles. The van der Waals surface area contributed by atoms with Gasteiger partial charge in [-0.1, -0.05) is 6.92 Å². The molecule has 2 aliphatic heterocycles. The van der Waals surface area contributed by atoms with Crippen molar-refractivity contribution in [3.63, 3.8) is 0 Å². The van der Waals surface area contributed by atoms with Crippen LogP contribution in [0.15, 0.2) is 0 Å². The predicted octanol–water partition coefficient (Wildman–Crippen LogP) is 0.291. The van der Waals surface area contributed by atoms with Crippen LogP contribution in [0.5, 0.6) is 0 Å². The minimum Gasteiger partial charge on any atom is -0.337 e. The lowest BCUT2D eigenvalue weighted by atomic mass is 10.1. The number of amides is 1. The van der Waals surface area contributed by atoms with E-state index in [2.05, 4.69) is 29.1 Å². The molecule has 16 heavy (non-hydrogen) atoms. The molecule has 4 nitrogen and oxygen atoms in total. The summed E-state index contributed by atoms with van der Waals surface area (Å²) in [6.07, 6.45) is 3.37. The monoisotopic (exact) mass is 225 g/mol. The van der Waals surface area contributed by atoms with E-state index in [0.29, 0.717) is 11.9 Å². The van der Waals surface area contributed by atoms with Crippen molar-refractivity contribution in [2.45, 2.75) is 38.3 Å². The summed E-state index contributed by atoms with van der Waals surface area (Å²) < 4.78 is 0. The lowest BCUT2D eigenvalue weighted by molar-refractivity contribution is -0.132. The van der Waals surface area contributed by atoms with E-state index in [1.165, 1.54) is 19.4 Å². The third-order valence-corrected chi connectivity index (χ3v) is 3.73. The van der Waals surface area contributed by atoms with Gasteiger partial charge in [-0.2, -0.15) is 0 Å². The first-order chi connectivity index (χ1) is 7.72. The number of hydrogen-bond acceptors (Lipinski definition) is 3. The van der Waals surface area contributed by atoms with Gasteiger partial charge in [-0.3, -0.25) is 4.79 Å². The first kappa shape index (κ1) is 11.9. The van der Waals surface area contributed by atoms with Crippen molar-refractivity contribution in [1.29, 1.82) is 0 Å². The quantitative estimate of drug-likeness (QED) is 0.750. The maximum absolute atomic E-state index is 12.1. The van der Waals surface area contributed by atoms with Crippen LogP contribution in [-0.2, 0) is 4.79 Å². The fourth-order valence-electron chi connectivity index (χ4n) is 2.89. The highest BCUT2D eigenvalue weighted by Gasteiger charge is 2.36. The molecule has 0 aromatic heterocycles. The summed E-state index contributed by atoms with van der Waals surface area (Å²) in [4.78, 5) is 16.6. The van der Waals surface area contributed by atoms with Crippen molar-refractivity contribution in [2.75, 3.05) is 33.2 Å². The van der Waals surface area contributed by atoms with Crippen molar-refractivity contribution in [2.24, 2.45) is 0 Å². The van der Waals surface area contributed by atoms with Gasteiger partial charge in [0, 0.05) is 19.1 Å². The van der Waals surface area contributed by atoms with Crippen molar-refractivity contribution < 1.29 is 4.79 Å². The number of nitrogens with zero attached hydrogens (tertiary/aromatic N) is 2. The molecular formula is C12H23N3O. The van der Waals surface area contributed by atoms with E-state index in [0.717, 1.165) is 26.1 Å². The molecule has 2 saturated heterocycles. The molecule has 2 unspecified atom stereocenters. The van der Waals surface area contributed by atoms with Crippen LogP contribution < -0.4 is 5.32 Å². The first-order valence-corrected chi connectivity index (χ1v) is 6.44. The lowest BCUT2D eigenvalue weighted by Crippen LogP contribution is -2.49. The highest BCUT2D eigenvalue weighted by atomic mass is 16.2. The smallest absolute Gasteiger partial charge is 0.240 e. The number of rotatable bonds is 3. The normalized spacial score (nSPS) is 32.4. The van der Waals surface area contributed by atoms with Crippen LogP contribution in [0.25, 0.3) is 0 Å². The molecule has 4 heteroatoms. The molecule has 0 aliphatic carbocycles. The van der Waals surface area contributed by atoms with Gasteiger partial charge in [0.1, 0.15) is 0 Å². The van der Waals surface area contributed by atoms with Gasteiger partial charge in [0.05, 0.1) is 6.04 Å². The molecule has 2 aliphatic rings. The fraction of sp³-hybridized carbons (Fsp3) is 0.917. The van der Waals surface area contributed by atoms with E-state index in [1.807, 2.05) is 0 Å². The Morgan fingerprint density at radius 2 is 2.19 bits per heavy atom. The van der Waals surface area contributed by atoms with Crippen molar-refractivity contribution >= 4 is 5.91 Å². The Bertz CT molecular complexity index is 257. The van der Waals surface area contributed by atoms with Crippen LogP contribution in [-0.4, -0.2) is 61.0 Å². The maximum Gasteiger partial charge on any atom is 0.240 e. The van der Waals surface area contributed by atoms with Crippen LogP contribution >= 0.6 is 0 Å². The number of hydrogen-bond donors (Lipinski definition) is 1. The molecule has 2 atom stereocenters. The molecule has 2 rings (SSSR count). The molecule has 0 aromatic rings. The van der Waals surface area contributed by atoms with Crippen molar-refractivity contribution in [3.05, 3.63) is 0 Å². The average Bonchev–Trinajstić information content (AvgIpc) is 2.61. The third kappa shape index (κ3) is 2.38. The number of carbonyl (C=O) groups is 1. The number of nitrogens with one attached hydrogen (secondary N) is 1. The Kier molecular flexibility index (Phi) is 3.82. The second-order valence-electron chi connectivity index (χ2n) is 4.99. The molecule has 1 amide bonds. The molecule has 2 fully saturated rings. The molecule has 0 bridgehead atoms. The van der Waals surface area contributed by atoms with E-state index in [-0.39, 0.29) is 6.04 Å². The summed E-state index contributed by atoms with van der Waals surface area (Å²) in [6.45, 7) is 6.11. The van der Waals surface area contributed by atoms with Gasteiger partial charge in [0.25, 0.3) is 0 Å². The second kappa shape index (κ2) is 5.15. The van der Waals surface area contributed by atoms with Crippen LogP contribution in [0.1, 0.15) is 26.2 Å². The molecule has 92 valence electrons. The van der Waals surface area contributed by atoms with Crippen molar-refractivity contribution in [1.82, 2.24) is 15.1 Å². The molecular weight excluding hydrogens is 202 g/mol. The van der Waals surface area contributed by atoms with Gasteiger partial charge in [0.2, 0.25) is 5.91 Å². The maximum atomic E-state index is 12.1. The number of likely N-dealkylation sites (N-methyl/N-ethyl adjacent to an activating group) is 2. The van der Waals surface area contributed by atoms with Crippen LogP contribution in [0, 0.1) is 0 Å². The van der Waals surface area contributed by atoms with E-state index in [1.54, 1.807) is 0 Å².